The molecule has 3 heteroatoms. The van der Waals surface area contributed by atoms with E-state index in [1.165, 1.54) is 12.8 Å². The van der Waals surface area contributed by atoms with Gasteiger partial charge in [-0.3, -0.25) is 0 Å². The van der Waals surface area contributed by atoms with E-state index < -0.39 is 0 Å². The highest BCUT2D eigenvalue weighted by atomic mass is 16.5. The zero-order valence-electron chi connectivity index (χ0n) is 10.5. The number of ether oxygens (including phenoxy) is 2. The Bertz CT molecular complexity index is 299. The molecule has 0 saturated carbocycles. The summed E-state index contributed by atoms with van der Waals surface area (Å²) in [6.45, 7) is 3.57. The van der Waals surface area contributed by atoms with Crippen LogP contribution in [0, 0.1) is 0 Å². The Hall–Kier alpha value is -1.22. The summed E-state index contributed by atoms with van der Waals surface area (Å²) in [6.07, 6.45) is 4.09. The molecule has 0 spiro atoms. The number of rotatable bonds is 9. The average molecular weight is 238 g/mol. The number of aliphatic hydroxyl groups excluding tert-OH is 1. The fourth-order valence-corrected chi connectivity index (χ4v) is 1.47. The van der Waals surface area contributed by atoms with Crippen molar-refractivity contribution >= 4 is 0 Å². The van der Waals surface area contributed by atoms with Crippen molar-refractivity contribution in [3.8, 4) is 11.5 Å². The Labute approximate surface area is 103 Å². The van der Waals surface area contributed by atoms with Crippen LogP contribution in [0.3, 0.4) is 0 Å². The summed E-state index contributed by atoms with van der Waals surface area (Å²) >= 11 is 0. The summed E-state index contributed by atoms with van der Waals surface area (Å²) in [6, 6.07) is 7.67. The van der Waals surface area contributed by atoms with Gasteiger partial charge in [-0.25, -0.2) is 0 Å². The minimum absolute atomic E-state index is 0.152. The van der Waals surface area contributed by atoms with Crippen LogP contribution in [0.5, 0.6) is 11.5 Å². The second kappa shape index (κ2) is 8.88. The Kier molecular flexibility index (Phi) is 7.23. The van der Waals surface area contributed by atoms with Crippen LogP contribution < -0.4 is 9.47 Å². The van der Waals surface area contributed by atoms with E-state index in [2.05, 4.69) is 6.92 Å². The number of hydrogen-bond donors (Lipinski definition) is 1. The van der Waals surface area contributed by atoms with Crippen molar-refractivity contribution in [3.05, 3.63) is 24.3 Å². The molecule has 0 fully saturated rings. The maximum absolute atomic E-state index is 8.70. The SMILES string of the molecule is CCCCCOc1ccccc1OCCCO. The lowest BCUT2D eigenvalue weighted by Gasteiger charge is -2.12. The molecule has 17 heavy (non-hydrogen) atoms. The van der Waals surface area contributed by atoms with Crippen molar-refractivity contribution in [2.75, 3.05) is 19.8 Å². The van der Waals surface area contributed by atoms with E-state index in [1.807, 2.05) is 24.3 Å². The van der Waals surface area contributed by atoms with Crippen molar-refractivity contribution in [2.24, 2.45) is 0 Å². The number of hydrogen-bond acceptors (Lipinski definition) is 3. The fourth-order valence-electron chi connectivity index (χ4n) is 1.47. The molecule has 0 aromatic heterocycles. The molecule has 1 aromatic carbocycles. The zero-order valence-corrected chi connectivity index (χ0v) is 10.5. The van der Waals surface area contributed by atoms with Crippen molar-refractivity contribution in [3.63, 3.8) is 0 Å². The average Bonchev–Trinajstić information content (AvgIpc) is 2.36. The van der Waals surface area contributed by atoms with E-state index >= 15 is 0 Å². The molecule has 0 saturated heterocycles. The second-order valence-corrected chi connectivity index (χ2v) is 3.93. The van der Waals surface area contributed by atoms with Crippen LogP contribution in [0.25, 0.3) is 0 Å². The zero-order chi connectivity index (χ0) is 12.3. The van der Waals surface area contributed by atoms with Crippen LogP contribution >= 0.6 is 0 Å². The first-order valence-electron chi connectivity index (χ1n) is 6.34. The molecule has 0 amide bonds. The molecule has 1 aromatic rings. The number of unbranched alkanes of at least 4 members (excludes halogenated alkanes) is 2. The summed E-state index contributed by atoms with van der Waals surface area (Å²) in [5.74, 6) is 1.55. The highest BCUT2D eigenvalue weighted by molar-refractivity contribution is 5.39. The molecule has 1 N–H and O–H groups in total. The van der Waals surface area contributed by atoms with Crippen LogP contribution in [0.1, 0.15) is 32.6 Å². The second-order valence-electron chi connectivity index (χ2n) is 3.93. The molecule has 0 aliphatic carbocycles. The first kappa shape index (κ1) is 13.8. The molecule has 0 aliphatic heterocycles. The summed E-state index contributed by atoms with van der Waals surface area (Å²) in [5, 5.41) is 8.70. The Balaban J connectivity index is 2.40. The van der Waals surface area contributed by atoms with E-state index in [0.717, 1.165) is 24.5 Å². The van der Waals surface area contributed by atoms with E-state index in [-0.39, 0.29) is 6.61 Å². The van der Waals surface area contributed by atoms with Crippen LogP contribution in [-0.4, -0.2) is 24.9 Å². The van der Waals surface area contributed by atoms with Crippen molar-refractivity contribution < 1.29 is 14.6 Å². The van der Waals surface area contributed by atoms with E-state index in [0.29, 0.717) is 13.0 Å². The molecule has 0 heterocycles. The molecule has 0 radical (unpaired) electrons. The Morgan fingerprint density at radius 2 is 1.53 bits per heavy atom. The van der Waals surface area contributed by atoms with Crippen molar-refractivity contribution in [1.82, 2.24) is 0 Å². The molecule has 0 aliphatic rings. The van der Waals surface area contributed by atoms with Gasteiger partial charge in [0.2, 0.25) is 0 Å². The largest absolute Gasteiger partial charge is 0.490 e. The Morgan fingerprint density at radius 1 is 0.941 bits per heavy atom. The normalized spacial score (nSPS) is 10.2. The van der Waals surface area contributed by atoms with Gasteiger partial charge >= 0.3 is 0 Å². The van der Waals surface area contributed by atoms with Crippen LogP contribution in [-0.2, 0) is 0 Å². The monoisotopic (exact) mass is 238 g/mol. The number of aliphatic hydroxyl groups is 1. The highest BCUT2D eigenvalue weighted by Gasteiger charge is 2.03. The molecule has 0 atom stereocenters. The third-order valence-electron chi connectivity index (χ3n) is 2.41. The summed E-state index contributed by atoms with van der Waals surface area (Å²) in [5.41, 5.74) is 0. The van der Waals surface area contributed by atoms with Gasteiger partial charge in [0.15, 0.2) is 11.5 Å². The first-order chi connectivity index (χ1) is 8.38. The van der Waals surface area contributed by atoms with Crippen LogP contribution in [0.2, 0.25) is 0 Å². The van der Waals surface area contributed by atoms with Gasteiger partial charge in [0.05, 0.1) is 13.2 Å². The predicted molar refractivity (Wildman–Crippen MR) is 68.7 cm³/mol. The topological polar surface area (TPSA) is 38.7 Å². The number of para-hydroxylation sites is 2. The van der Waals surface area contributed by atoms with Gasteiger partial charge in [0, 0.05) is 13.0 Å². The molecular weight excluding hydrogens is 216 g/mol. The minimum atomic E-state index is 0.152. The molecule has 3 nitrogen and oxygen atoms in total. The third-order valence-corrected chi connectivity index (χ3v) is 2.41. The van der Waals surface area contributed by atoms with Gasteiger partial charge in [-0.2, -0.15) is 0 Å². The summed E-state index contributed by atoms with van der Waals surface area (Å²) in [4.78, 5) is 0. The van der Waals surface area contributed by atoms with Crippen molar-refractivity contribution in [1.29, 1.82) is 0 Å². The molecule has 96 valence electrons. The lowest BCUT2D eigenvalue weighted by Crippen LogP contribution is -2.03. The molecule has 0 bridgehead atoms. The fraction of sp³-hybridized carbons (Fsp3) is 0.571. The molecule has 0 unspecified atom stereocenters. The van der Waals surface area contributed by atoms with Gasteiger partial charge in [0.1, 0.15) is 0 Å². The first-order valence-corrected chi connectivity index (χ1v) is 6.34. The van der Waals surface area contributed by atoms with Crippen LogP contribution in [0.15, 0.2) is 24.3 Å². The van der Waals surface area contributed by atoms with Gasteiger partial charge in [-0.05, 0) is 18.6 Å². The molecular formula is C14H22O3. The van der Waals surface area contributed by atoms with E-state index in [4.69, 9.17) is 14.6 Å². The minimum Gasteiger partial charge on any atom is -0.490 e. The quantitative estimate of drug-likeness (QED) is 0.672. The third kappa shape index (κ3) is 5.59. The lowest BCUT2D eigenvalue weighted by molar-refractivity contribution is 0.222. The lowest BCUT2D eigenvalue weighted by atomic mass is 10.2. The predicted octanol–water partition coefficient (Wildman–Crippen LogP) is 3.02. The van der Waals surface area contributed by atoms with Gasteiger partial charge < -0.3 is 14.6 Å². The standard InChI is InChI=1S/C14H22O3/c1-2-3-6-11-16-13-8-4-5-9-14(13)17-12-7-10-15/h4-5,8-9,15H,2-3,6-7,10-12H2,1H3. The highest BCUT2D eigenvalue weighted by Crippen LogP contribution is 2.26. The van der Waals surface area contributed by atoms with Gasteiger partial charge in [-0.1, -0.05) is 31.9 Å². The maximum Gasteiger partial charge on any atom is 0.161 e. The maximum atomic E-state index is 8.70. The van der Waals surface area contributed by atoms with Gasteiger partial charge in [-0.15, -0.1) is 0 Å². The van der Waals surface area contributed by atoms with E-state index in [9.17, 15) is 0 Å². The molecule has 1 rings (SSSR count). The van der Waals surface area contributed by atoms with Crippen LogP contribution in [0.4, 0.5) is 0 Å². The summed E-state index contributed by atoms with van der Waals surface area (Å²) < 4.78 is 11.2. The Morgan fingerprint density at radius 3 is 2.06 bits per heavy atom. The van der Waals surface area contributed by atoms with E-state index in [1.54, 1.807) is 0 Å². The van der Waals surface area contributed by atoms with Gasteiger partial charge in [0.25, 0.3) is 0 Å². The van der Waals surface area contributed by atoms with Crippen molar-refractivity contribution in [2.45, 2.75) is 32.6 Å². The number of benzene rings is 1. The summed E-state index contributed by atoms with van der Waals surface area (Å²) in [7, 11) is 0. The smallest absolute Gasteiger partial charge is 0.161 e.